The molecule has 4 rings (SSSR count). The van der Waals surface area contributed by atoms with Crippen molar-refractivity contribution in [3.05, 3.63) is 34.7 Å². The van der Waals surface area contributed by atoms with E-state index < -0.39 is 51.1 Å². The summed E-state index contributed by atoms with van der Waals surface area (Å²) < 4.78 is 29.1. The first-order valence-corrected chi connectivity index (χ1v) is 19.9. The normalized spacial score (nSPS) is 25.0. The number of benzene rings is 1. The van der Waals surface area contributed by atoms with Crippen LogP contribution >= 0.6 is 0 Å². The molecule has 3 fully saturated rings. The van der Waals surface area contributed by atoms with Gasteiger partial charge in [0.05, 0.1) is 34.9 Å². The van der Waals surface area contributed by atoms with E-state index in [-0.39, 0.29) is 51.8 Å². The van der Waals surface area contributed by atoms with Crippen LogP contribution in [0.3, 0.4) is 0 Å². The fourth-order valence-corrected chi connectivity index (χ4v) is 9.72. The monoisotopic (exact) mass is 769 g/mol. The van der Waals surface area contributed by atoms with Gasteiger partial charge in [0.1, 0.15) is 30.7 Å². The first kappa shape index (κ1) is 43.9. The van der Waals surface area contributed by atoms with Crippen LogP contribution < -0.4 is 4.74 Å². The molecule has 1 aromatic carbocycles. The predicted octanol–water partition coefficient (Wildman–Crippen LogP) is 8.99. The Morgan fingerprint density at radius 3 is 2.04 bits per heavy atom. The highest BCUT2D eigenvalue weighted by molar-refractivity contribution is 5.83. The van der Waals surface area contributed by atoms with Crippen molar-refractivity contribution in [2.24, 2.45) is 50.4 Å². The van der Waals surface area contributed by atoms with Crippen LogP contribution in [0.5, 0.6) is 5.75 Å². The number of nitrogens with zero attached hydrogens (tertiary/aromatic N) is 3. The van der Waals surface area contributed by atoms with Gasteiger partial charge in [-0.2, -0.15) is 0 Å². The zero-order chi connectivity index (χ0) is 40.8. The first-order chi connectivity index (χ1) is 25.6. The number of hydrogen-bond donors (Lipinski definition) is 1. The van der Waals surface area contributed by atoms with Crippen LogP contribution in [0.1, 0.15) is 120 Å². The third kappa shape index (κ3) is 10.9. The average Bonchev–Trinajstić information content (AvgIpc) is 3.82. The molecule has 0 amide bonds. The second kappa shape index (κ2) is 17.5. The van der Waals surface area contributed by atoms with Crippen molar-refractivity contribution in [3.63, 3.8) is 0 Å². The topological polar surface area (TPSA) is 183 Å². The molecule has 3 saturated carbocycles. The number of carboxylic acid groups (broad SMARTS) is 1. The van der Waals surface area contributed by atoms with Crippen LogP contribution in [-0.4, -0.2) is 67.1 Å². The second-order valence-corrected chi connectivity index (χ2v) is 18.6. The summed E-state index contributed by atoms with van der Waals surface area (Å²) in [5, 5.41) is 14.3. The molecule has 2 bridgehead atoms. The number of azide groups is 1. The van der Waals surface area contributed by atoms with Crippen molar-refractivity contribution in [1.29, 1.82) is 0 Å². The van der Waals surface area contributed by atoms with Crippen molar-refractivity contribution in [1.82, 2.24) is 0 Å². The Bertz CT molecular complexity index is 1580. The molecule has 55 heavy (non-hydrogen) atoms. The van der Waals surface area contributed by atoms with Gasteiger partial charge in [0.15, 0.2) is 0 Å². The van der Waals surface area contributed by atoms with Crippen molar-refractivity contribution in [2.45, 2.75) is 132 Å². The van der Waals surface area contributed by atoms with Gasteiger partial charge < -0.3 is 28.8 Å². The smallest absolute Gasteiger partial charge is 0.312 e. The van der Waals surface area contributed by atoms with E-state index in [9.17, 15) is 24.3 Å². The standard InChI is InChI=1S/C42H63N3O10/c1-10-40(7,37(50)55-38(2,3)4)25-41(8,34(46)47)26-42(9,36(49)53-21-19-51-18-20-52-29-16-14-28(15-17-29)44-45-43)24-39(5,6)35(48)54-33-23-27-22-32(33)31-13-11-12-30(27)31/h14-17,27,30-33H,10-13,18-26H2,1-9H3,(H,46,47). The number of ether oxygens (including phenoxy) is 5. The molecule has 1 N–H and O–H groups in total. The molecule has 13 heteroatoms. The molecule has 3 aliphatic rings. The van der Waals surface area contributed by atoms with Crippen molar-refractivity contribution >= 4 is 29.6 Å². The van der Waals surface area contributed by atoms with E-state index in [4.69, 9.17) is 29.2 Å². The first-order valence-electron chi connectivity index (χ1n) is 19.9. The number of esters is 3. The molecule has 0 radical (unpaired) electrons. The Morgan fingerprint density at radius 1 is 0.782 bits per heavy atom. The quantitative estimate of drug-likeness (QED) is 0.0335. The van der Waals surface area contributed by atoms with Crippen LogP contribution in [0.25, 0.3) is 10.4 Å². The van der Waals surface area contributed by atoms with E-state index in [0.717, 1.165) is 18.8 Å². The summed E-state index contributed by atoms with van der Waals surface area (Å²) in [6, 6.07) is 6.61. The molecule has 8 unspecified atom stereocenters. The maximum atomic E-state index is 14.2. The number of fused-ring (bicyclic) bond motifs is 5. The molecule has 13 nitrogen and oxygen atoms in total. The maximum absolute atomic E-state index is 14.2. The van der Waals surface area contributed by atoms with Crippen LogP contribution in [-0.2, 0) is 38.1 Å². The molecular weight excluding hydrogens is 706 g/mol. The third-order valence-corrected chi connectivity index (χ3v) is 12.2. The Kier molecular flexibility index (Phi) is 14.0. The summed E-state index contributed by atoms with van der Waals surface area (Å²) in [4.78, 5) is 57.6. The second-order valence-electron chi connectivity index (χ2n) is 18.6. The number of carbonyl (C=O) groups excluding carboxylic acids is 3. The Labute approximate surface area is 326 Å². The van der Waals surface area contributed by atoms with Gasteiger partial charge in [0, 0.05) is 10.6 Å². The van der Waals surface area contributed by atoms with Crippen LogP contribution in [0.15, 0.2) is 29.4 Å². The SMILES string of the molecule is CCC(C)(CC(C)(CC(C)(CC(C)(C)C(=O)OC1CC2CC1C1CCCC21)C(=O)OCCOCCOc1ccc(N=[N+]=[N-])cc1)C(=O)O)C(=O)OC(C)(C)C. The van der Waals surface area contributed by atoms with Crippen molar-refractivity contribution < 1.29 is 48.0 Å². The van der Waals surface area contributed by atoms with E-state index >= 15 is 0 Å². The summed E-state index contributed by atoms with van der Waals surface area (Å²) >= 11 is 0. The average molecular weight is 770 g/mol. The number of hydrogen-bond acceptors (Lipinski definition) is 10. The minimum Gasteiger partial charge on any atom is -0.491 e. The minimum absolute atomic E-state index is 0.0319. The molecular formula is C42H63N3O10. The molecule has 8 atom stereocenters. The lowest BCUT2D eigenvalue weighted by atomic mass is 9.61. The number of carbonyl (C=O) groups is 4. The van der Waals surface area contributed by atoms with Gasteiger partial charge in [-0.3, -0.25) is 19.2 Å². The van der Waals surface area contributed by atoms with E-state index in [1.807, 2.05) is 6.92 Å². The maximum Gasteiger partial charge on any atom is 0.312 e. The van der Waals surface area contributed by atoms with Gasteiger partial charge in [-0.05, 0) is 160 Å². The van der Waals surface area contributed by atoms with Crippen LogP contribution in [0, 0.1) is 45.3 Å². The third-order valence-electron chi connectivity index (χ3n) is 12.2. The molecule has 0 aliphatic heterocycles. The number of carboxylic acids is 1. The summed E-state index contributed by atoms with van der Waals surface area (Å²) in [7, 11) is 0. The molecule has 0 aromatic heterocycles. The highest BCUT2D eigenvalue weighted by atomic mass is 16.6. The molecule has 3 aliphatic carbocycles. The van der Waals surface area contributed by atoms with Gasteiger partial charge in [0.2, 0.25) is 0 Å². The summed E-state index contributed by atoms with van der Waals surface area (Å²) in [5.41, 5.74) is 2.89. The highest BCUT2D eigenvalue weighted by Crippen LogP contribution is 2.60. The van der Waals surface area contributed by atoms with Crippen molar-refractivity contribution in [3.8, 4) is 5.75 Å². The van der Waals surface area contributed by atoms with Crippen LogP contribution in [0.4, 0.5) is 5.69 Å². The van der Waals surface area contributed by atoms with Gasteiger partial charge in [-0.25, -0.2) is 0 Å². The van der Waals surface area contributed by atoms with E-state index in [1.165, 1.54) is 19.3 Å². The minimum atomic E-state index is -1.58. The van der Waals surface area contributed by atoms with E-state index in [1.54, 1.807) is 79.7 Å². The summed E-state index contributed by atoms with van der Waals surface area (Å²) in [5.74, 6) is 0.151. The molecule has 0 saturated heterocycles. The van der Waals surface area contributed by atoms with Gasteiger partial charge in [0.25, 0.3) is 0 Å². The molecule has 1 aromatic rings. The lowest BCUT2D eigenvalue weighted by molar-refractivity contribution is -0.175. The fraction of sp³-hybridized carbons (Fsp3) is 0.762. The Balaban J connectivity index is 1.46. The number of aliphatic carboxylic acids is 1. The van der Waals surface area contributed by atoms with Crippen LogP contribution in [0.2, 0.25) is 0 Å². The lowest BCUT2D eigenvalue weighted by Gasteiger charge is -2.42. The lowest BCUT2D eigenvalue weighted by Crippen LogP contribution is -2.47. The highest BCUT2D eigenvalue weighted by Gasteiger charge is 2.57. The fourth-order valence-electron chi connectivity index (χ4n) is 9.72. The van der Waals surface area contributed by atoms with Gasteiger partial charge >= 0.3 is 23.9 Å². The van der Waals surface area contributed by atoms with E-state index in [0.29, 0.717) is 35.6 Å². The van der Waals surface area contributed by atoms with Gasteiger partial charge in [-0.15, -0.1) is 0 Å². The molecule has 306 valence electrons. The number of rotatable bonds is 20. The molecule has 0 heterocycles. The molecule has 0 spiro atoms. The summed E-state index contributed by atoms with van der Waals surface area (Å²) in [6.07, 6.45) is 5.50. The van der Waals surface area contributed by atoms with Crippen molar-refractivity contribution in [2.75, 3.05) is 26.4 Å². The van der Waals surface area contributed by atoms with E-state index in [2.05, 4.69) is 10.0 Å². The Morgan fingerprint density at radius 2 is 1.42 bits per heavy atom. The predicted molar refractivity (Wildman–Crippen MR) is 205 cm³/mol. The Hall–Kier alpha value is -3.83. The summed E-state index contributed by atoms with van der Waals surface area (Å²) in [6.45, 7) is 15.8. The zero-order valence-corrected chi connectivity index (χ0v) is 34.4. The van der Waals surface area contributed by atoms with Gasteiger partial charge in [-0.1, -0.05) is 18.5 Å². The zero-order valence-electron chi connectivity index (χ0n) is 34.4. The largest absolute Gasteiger partial charge is 0.491 e.